The van der Waals surface area contributed by atoms with Crippen molar-refractivity contribution in [2.75, 3.05) is 16.0 Å². The number of amides is 2. The van der Waals surface area contributed by atoms with Crippen molar-refractivity contribution < 1.29 is 9.21 Å². The standard InChI is InChI=1S/C23H25N3O3/c1-15-9-5-7-13-18(15)25-23(28)26-21-20(24-16-10-3-2-4-11-16)17-12-6-8-14-19(17)29-22(21)27/h5-9,12-14,16,24H,2-4,10-11H2,1H3,(H2,25,26,28). The van der Waals surface area contributed by atoms with Crippen molar-refractivity contribution in [2.24, 2.45) is 0 Å². The van der Waals surface area contributed by atoms with Gasteiger partial charge < -0.3 is 15.1 Å². The van der Waals surface area contributed by atoms with Gasteiger partial charge in [-0.2, -0.15) is 0 Å². The second kappa shape index (κ2) is 8.39. The van der Waals surface area contributed by atoms with Crippen molar-refractivity contribution in [3.63, 3.8) is 0 Å². The highest BCUT2D eigenvalue weighted by atomic mass is 16.4. The largest absolute Gasteiger partial charge is 0.421 e. The summed E-state index contributed by atoms with van der Waals surface area (Å²) in [7, 11) is 0. The summed E-state index contributed by atoms with van der Waals surface area (Å²) in [6, 6.07) is 14.7. The highest BCUT2D eigenvalue weighted by Gasteiger charge is 2.21. The number of rotatable bonds is 4. The highest BCUT2D eigenvalue weighted by molar-refractivity contribution is 6.06. The highest BCUT2D eigenvalue weighted by Crippen LogP contribution is 2.32. The molecule has 0 radical (unpaired) electrons. The van der Waals surface area contributed by atoms with E-state index in [9.17, 15) is 9.59 Å². The van der Waals surface area contributed by atoms with E-state index in [0.29, 0.717) is 17.0 Å². The second-order valence-electron chi connectivity index (χ2n) is 7.51. The number of benzene rings is 2. The Hall–Kier alpha value is -3.28. The fourth-order valence-electron chi connectivity index (χ4n) is 3.84. The molecule has 1 aromatic heterocycles. The van der Waals surface area contributed by atoms with E-state index < -0.39 is 11.7 Å². The molecule has 2 aromatic carbocycles. The van der Waals surface area contributed by atoms with Crippen molar-refractivity contribution in [2.45, 2.75) is 45.1 Å². The third kappa shape index (κ3) is 4.26. The van der Waals surface area contributed by atoms with Gasteiger partial charge in [-0.15, -0.1) is 0 Å². The summed E-state index contributed by atoms with van der Waals surface area (Å²) >= 11 is 0. The molecule has 0 unspecified atom stereocenters. The van der Waals surface area contributed by atoms with Gasteiger partial charge in [0.05, 0.1) is 5.69 Å². The number of carbonyl (C=O) groups is 1. The zero-order valence-corrected chi connectivity index (χ0v) is 16.5. The number of carbonyl (C=O) groups excluding carboxylic acids is 1. The lowest BCUT2D eigenvalue weighted by atomic mass is 9.95. The van der Waals surface area contributed by atoms with Crippen molar-refractivity contribution in [3.8, 4) is 0 Å². The van der Waals surface area contributed by atoms with E-state index >= 15 is 0 Å². The second-order valence-corrected chi connectivity index (χ2v) is 7.51. The van der Waals surface area contributed by atoms with E-state index in [0.717, 1.165) is 36.6 Å². The van der Waals surface area contributed by atoms with Gasteiger partial charge in [-0.1, -0.05) is 49.6 Å². The SMILES string of the molecule is Cc1ccccc1NC(=O)Nc1c(NC2CCCCC2)c2ccccc2oc1=O. The molecule has 3 aromatic rings. The predicted octanol–water partition coefficient (Wildman–Crippen LogP) is 5.49. The predicted molar refractivity (Wildman–Crippen MR) is 117 cm³/mol. The molecule has 0 aliphatic heterocycles. The van der Waals surface area contributed by atoms with Crippen molar-refractivity contribution >= 4 is 34.1 Å². The topological polar surface area (TPSA) is 83.4 Å². The van der Waals surface area contributed by atoms with Crippen LogP contribution in [0.2, 0.25) is 0 Å². The molecule has 0 saturated heterocycles. The average molecular weight is 391 g/mol. The molecule has 6 heteroatoms. The minimum atomic E-state index is -0.568. The van der Waals surface area contributed by atoms with E-state index in [2.05, 4.69) is 16.0 Å². The Bertz CT molecular complexity index is 1080. The van der Waals surface area contributed by atoms with Crippen LogP contribution in [0.25, 0.3) is 11.0 Å². The maximum Gasteiger partial charge on any atom is 0.362 e. The maximum absolute atomic E-state index is 12.7. The summed E-state index contributed by atoms with van der Waals surface area (Å²) in [5.41, 5.74) is 2.33. The van der Waals surface area contributed by atoms with Gasteiger partial charge in [-0.25, -0.2) is 9.59 Å². The Balaban J connectivity index is 1.67. The van der Waals surface area contributed by atoms with Gasteiger partial charge in [0.1, 0.15) is 5.58 Å². The molecule has 1 heterocycles. The first kappa shape index (κ1) is 19.1. The number of urea groups is 1. The molecule has 1 fully saturated rings. The molecular weight excluding hydrogens is 366 g/mol. The van der Waals surface area contributed by atoms with Gasteiger partial charge in [0.15, 0.2) is 5.69 Å². The van der Waals surface area contributed by atoms with Gasteiger partial charge in [0, 0.05) is 17.1 Å². The van der Waals surface area contributed by atoms with Gasteiger partial charge in [-0.05, 0) is 43.5 Å². The summed E-state index contributed by atoms with van der Waals surface area (Å²) in [6.45, 7) is 1.91. The van der Waals surface area contributed by atoms with Crippen LogP contribution in [-0.2, 0) is 0 Å². The normalized spacial score (nSPS) is 14.5. The summed E-state index contributed by atoms with van der Waals surface area (Å²) in [6.07, 6.45) is 5.65. The van der Waals surface area contributed by atoms with Crippen LogP contribution >= 0.6 is 0 Å². The van der Waals surface area contributed by atoms with E-state index in [1.807, 2.05) is 49.4 Å². The van der Waals surface area contributed by atoms with Crippen LogP contribution in [0.4, 0.5) is 21.9 Å². The number of anilines is 3. The van der Waals surface area contributed by atoms with Crippen LogP contribution in [0.1, 0.15) is 37.7 Å². The number of hydrogen-bond donors (Lipinski definition) is 3. The Labute approximate surface area is 169 Å². The van der Waals surface area contributed by atoms with E-state index in [4.69, 9.17) is 4.42 Å². The Morgan fingerprint density at radius 3 is 2.45 bits per heavy atom. The van der Waals surface area contributed by atoms with Crippen LogP contribution in [0, 0.1) is 6.92 Å². The van der Waals surface area contributed by atoms with Crippen LogP contribution in [-0.4, -0.2) is 12.1 Å². The molecule has 1 saturated carbocycles. The molecule has 29 heavy (non-hydrogen) atoms. The fraction of sp³-hybridized carbons (Fsp3) is 0.304. The molecule has 0 bridgehead atoms. The van der Waals surface area contributed by atoms with Gasteiger partial charge in [0.25, 0.3) is 0 Å². The molecule has 3 N–H and O–H groups in total. The average Bonchev–Trinajstić information content (AvgIpc) is 2.73. The third-order valence-electron chi connectivity index (χ3n) is 5.40. The summed E-state index contributed by atoms with van der Waals surface area (Å²) in [4.78, 5) is 25.3. The molecule has 6 nitrogen and oxygen atoms in total. The van der Waals surface area contributed by atoms with E-state index in [-0.39, 0.29) is 11.7 Å². The first-order chi connectivity index (χ1) is 14.1. The number of fused-ring (bicyclic) bond motifs is 1. The molecule has 0 spiro atoms. The lowest BCUT2D eigenvalue weighted by Crippen LogP contribution is -2.28. The van der Waals surface area contributed by atoms with Crippen LogP contribution < -0.4 is 21.6 Å². The smallest absolute Gasteiger partial charge is 0.362 e. The quantitative estimate of drug-likeness (QED) is 0.514. The molecule has 4 rings (SSSR count). The summed E-state index contributed by atoms with van der Waals surface area (Å²) in [5.74, 6) is 0. The lowest BCUT2D eigenvalue weighted by molar-refractivity contribution is 0.262. The molecular formula is C23H25N3O3. The molecule has 1 aliphatic rings. The minimum Gasteiger partial charge on any atom is -0.421 e. The van der Waals surface area contributed by atoms with Crippen LogP contribution in [0.15, 0.2) is 57.7 Å². The summed E-state index contributed by atoms with van der Waals surface area (Å²) < 4.78 is 5.46. The maximum atomic E-state index is 12.7. The number of aryl methyl sites for hydroxylation is 1. The zero-order valence-electron chi connectivity index (χ0n) is 16.5. The molecule has 2 amide bonds. The van der Waals surface area contributed by atoms with E-state index in [1.54, 1.807) is 6.07 Å². The van der Waals surface area contributed by atoms with Gasteiger partial charge in [0.2, 0.25) is 0 Å². The Morgan fingerprint density at radius 1 is 0.931 bits per heavy atom. The number of hydrogen-bond acceptors (Lipinski definition) is 4. The molecule has 1 aliphatic carbocycles. The number of para-hydroxylation sites is 2. The number of nitrogens with one attached hydrogen (secondary N) is 3. The first-order valence-corrected chi connectivity index (χ1v) is 10.1. The summed E-state index contributed by atoms with van der Waals surface area (Å²) in [5, 5.41) is 9.82. The van der Waals surface area contributed by atoms with Gasteiger partial charge >= 0.3 is 11.7 Å². The van der Waals surface area contributed by atoms with Crippen molar-refractivity contribution in [1.29, 1.82) is 0 Å². The zero-order chi connectivity index (χ0) is 20.2. The fourth-order valence-corrected chi connectivity index (χ4v) is 3.84. The Morgan fingerprint density at radius 2 is 1.66 bits per heavy atom. The van der Waals surface area contributed by atoms with Crippen LogP contribution in [0.3, 0.4) is 0 Å². The van der Waals surface area contributed by atoms with Crippen LogP contribution in [0.5, 0.6) is 0 Å². The van der Waals surface area contributed by atoms with E-state index in [1.165, 1.54) is 6.42 Å². The molecule has 0 atom stereocenters. The third-order valence-corrected chi connectivity index (χ3v) is 5.40. The van der Waals surface area contributed by atoms with Crippen molar-refractivity contribution in [1.82, 2.24) is 0 Å². The van der Waals surface area contributed by atoms with Gasteiger partial charge in [-0.3, -0.25) is 5.32 Å². The monoisotopic (exact) mass is 391 g/mol. The minimum absolute atomic E-state index is 0.139. The first-order valence-electron chi connectivity index (χ1n) is 10.1. The lowest BCUT2D eigenvalue weighted by Gasteiger charge is -2.25. The van der Waals surface area contributed by atoms with Crippen molar-refractivity contribution in [3.05, 3.63) is 64.5 Å². The Kier molecular flexibility index (Phi) is 5.51. The molecule has 150 valence electrons.